The van der Waals surface area contributed by atoms with Crippen molar-refractivity contribution in [1.82, 2.24) is 0 Å². The molecule has 0 radical (unpaired) electrons. The van der Waals surface area contributed by atoms with Gasteiger partial charge in [-0.25, -0.2) is 0 Å². The Hall–Kier alpha value is -1.62. The third-order valence-electron chi connectivity index (χ3n) is 3.15. The van der Waals surface area contributed by atoms with Crippen LogP contribution in [-0.2, 0) is 13.2 Å². The predicted octanol–water partition coefficient (Wildman–Crippen LogP) is 3.76. The van der Waals surface area contributed by atoms with Crippen LogP contribution in [0.25, 0.3) is 0 Å². The van der Waals surface area contributed by atoms with Crippen molar-refractivity contribution in [3.8, 4) is 17.2 Å². The Morgan fingerprint density at radius 1 is 1.05 bits per heavy atom. The molecule has 0 atom stereocenters. The Labute approximate surface area is 132 Å². The lowest BCUT2D eigenvalue weighted by molar-refractivity contribution is 0.173. The van der Waals surface area contributed by atoms with E-state index in [4.69, 9.17) is 43.1 Å². The van der Waals surface area contributed by atoms with E-state index in [1.165, 1.54) is 0 Å². The minimum Gasteiger partial charge on any atom is -0.488 e. The van der Waals surface area contributed by atoms with Crippen LogP contribution in [0.3, 0.4) is 0 Å². The Kier molecular flexibility index (Phi) is 4.10. The minimum atomic E-state index is 0.218. The van der Waals surface area contributed by atoms with Gasteiger partial charge in [-0.1, -0.05) is 29.3 Å². The molecule has 0 aliphatic carbocycles. The van der Waals surface area contributed by atoms with Gasteiger partial charge in [0.05, 0.1) is 10.0 Å². The summed E-state index contributed by atoms with van der Waals surface area (Å²) in [5, 5.41) is 1.02. The molecule has 0 saturated heterocycles. The normalized spacial score (nSPS) is 12.5. The highest BCUT2D eigenvalue weighted by atomic mass is 35.5. The van der Waals surface area contributed by atoms with Crippen LogP contribution < -0.4 is 19.9 Å². The summed E-state index contributed by atoms with van der Waals surface area (Å²) in [4.78, 5) is 0. The van der Waals surface area contributed by atoms with Crippen LogP contribution in [0.2, 0.25) is 10.0 Å². The van der Waals surface area contributed by atoms with E-state index < -0.39 is 0 Å². The first-order valence-corrected chi connectivity index (χ1v) is 7.12. The van der Waals surface area contributed by atoms with Gasteiger partial charge in [0.15, 0.2) is 11.5 Å². The summed E-state index contributed by atoms with van der Waals surface area (Å²) in [6, 6.07) is 9.02. The molecule has 0 amide bonds. The molecular weight excluding hydrogens is 313 g/mol. The fraction of sp³-hybridized carbons (Fsp3) is 0.200. The van der Waals surface area contributed by atoms with Gasteiger partial charge in [0.25, 0.3) is 0 Å². The largest absolute Gasteiger partial charge is 0.488 e. The minimum absolute atomic E-state index is 0.218. The zero-order chi connectivity index (χ0) is 14.8. The van der Waals surface area contributed by atoms with Crippen LogP contribution in [0.15, 0.2) is 30.3 Å². The lowest BCUT2D eigenvalue weighted by Crippen LogP contribution is -2.03. The van der Waals surface area contributed by atoms with Crippen molar-refractivity contribution in [1.29, 1.82) is 0 Å². The quantitative estimate of drug-likeness (QED) is 0.929. The van der Waals surface area contributed by atoms with E-state index in [2.05, 4.69) is 0 Å². The van der Waals surface area contributed by atoms with Crippen molar-refractivity contribution in [3.05, 3.63) is 51.5 Å². The Bertz CT molecular complexity index is 676. The van der Waals surface area contributed by atoms with Crippen LogP contribution >= 0.6 is 23.2 Å². The Balaban J connectivity index is 1.79. The summed E-state index contributed by atoms with van der Waals surface area (Å²) in [5.41, 5.74) is 7.52. The number of hydrogen-bond donors (Lipinski definition) is 1. The van der Waals surface area contributed by atoms with E-state index in [-0.39, 0.29) is 6.79 Å². The molecule has 1 aliphatic rings. The number of ether oxygens (including phenoxy) is 3. The summed E-state index contributed by atoms with van der Waals surface area (Å²) in [7, 11) is 0. The molecule has 0 unspecified atom stereocenters. The number of hydrogen-bond acceptors (Lipinski definition) is 4. The monoisotopic (exact) mass is 325 g/mol. The maximum atomic E-state index is 5.99. The van der Waals surface area contributed by atoms with Crippen molar-refractivity contribution in [2.24, 2.45) is 5.73 Å². The number of benzene rings is 2. The van der Waals surface area contributed by atoms with Crippen LogP contribution in [0, 0.1) is 0 Å². The van der Waals surface area contributed by atoms with Gasteiger partial charge >= 0.3 is 0 Å². The maximum Gasteiger partial charge on any atom is 0.231 e. The molecule has 0 fully saturated rings. The molecule has 0 aromatic heterocycles. The Morgan fingerprint density at radius 2 is 1.81 bits per heavy atom. The Morgan fingerprint density at radius 3 is 2.52 bits per heavy atom. The van der Waals surface area contributed by atoms with E-state index in [0.29, 0.717) is 40.4 Å². The molecule has 2 aromatic carbocycles. The van der Waals surface area contributed by atoms with Crippen LogP contribution in [-0.4, -0.2) is 6.79 Å². The molecule has 0 saturated carbocycles. The van der Waals surface area contributed by atoms with Crippen LogP contribution in [0.1, 0.15) is 11.1 Å². The number of halogens is 2. The van der Waals surface area contributed by atoms with E-state index >= 15 is 0 Å². The molecule has 0 spiro atoms. The second-order valence-electron chi connectivity index (χ2n) is 4.55. The molecule has 2 N–H and O–H groups in total. The molecular formula is C15H13Cl2NO3. The molecule has 110 valence electrons. The van der Waals surface area contributed by atoms with E-state index in [1.54, 1.807) is 18.2 Å². The first kappa shape index (κ1) is 14.3. The molecule has 1 aliphatic heterocycles. The molecule has 6 heteroatoms. The molecule has 21 heavy (non-hydrogen) atoms. The lowest BCUT2D eigenvalue weighted by Gasteiger charge is -2.12. The average Bonchev–Trinajstić information content (AvgIpc) is 2.94. The first-order valence-electron chi connectivity index (χ1n) is 6.36. The third-order valence-corrected chi connectivity index (χ3v) is 3.89. The van der Waals surface area contributed by atoms with Crippen molar-refractivity contribution >= 4 is 23.2 Å². The lowest BCUT2D eigenvalue weighted by atomic mass is 10.1. The van der Waals surface area contributed by atoms with Gasteiger partial charge in [0.2, 0.25) is 6.79 Å². The van der Waals surface area contributed by atoms with E-state index in [0.717, 1.165) is 11.1 Å². The SMILES string of the molecule is NCc1cc2c(cc1OCc1ccc(Cl)c(Cl)c1)OCO2. The number of fused-ring (bicyclic) bond motifs is 1. The molecule has 3 rings (SSSR count). The standard InChI is InChI=1S/C15H13Cl2NO3/c16-11-2-1-9(3-12(11)17)7-19-13-5-15-14(20-8-21-15)4-10(13)6-18/h1-5H,6-8,18H2. The smallest absolute Gasteiger partial charge is 0.231 e. The second kappa shape index (κ2) is 6.02. The van der Waals surface area contributed by atoms with Gasteiger partial charge in [-0.3, -0.25) is 0 Å². The summed E-state index contributed by atoms with van der Waals surface area (Å²) in [6.07, 6.45) is 0. The van der Waals surface area contributed by atoms with Gasteiger partial charge in [-0.15, -0.1) is 0 Å². The van der Waals surface area contributed by atoms with Gasteiger partial charge < -0.3 is 19.9 Å². The molecule has 2 aromatic rings. The topological polar surface area (TPSA) is 53.7 Å². The first-order chi connectivity index (χ1) is 10.2. The average molecular weight is 326 g/mol. The zero-order valence-electron chi connectivity index (χ0n) is 11.1. The fourth-order valence-electron chi connectivity index (χ4n) is 2.05. The van der Waals surface area contributed by atoms with Crippen LogP contribution in [0.4, 0.5) is 0 Å². The summed E-state index contributed by atoms with van der Waals surface area (Å²) >= 11 is 11.9. The molecule has 0 bridgehead atoms. The second-order valence-corrected chi connectivity index (χ2v) is 5.37. The van der Waals surface area contributed by atoms with Gasteiger partial charge in [0, 0.05) is 18.2 Å². The van der Waals surface area contributed by atoms with Crippen molar-refractivity contribution < 1.29 is 14.2 Å². The zero-order valence-corrected chi connectivity index (χ0v) is 12.6. The fourth-order valence-corrected chi connectivity index (χ4v) is 2.37. The molecule has 4 nitrogen and oxygen atoms in total. The highest BCUT2D eigenvalue weighted by Gasteiger charge is 2.17. The highest BCUT2D eigenvalue weighted by molar-refractivity contribution is 6.42. The van der Waals surface area contributed by atoms with Gasteiger partial charge in [0.1, 0.15) is 12.4 Å². The van der Waals surface area contributed by atoms with Crippen LogP contribution in [0.5, 0.6) is 17.2 Å². The van der Waals surface area contributed by atoms with Gasteiger partial charge in [-0.2, -0.15) is 0 Å². The molecule has 1 heterocycles. The summed E-state index contributed by atoms with van der Waals surface area (Å²) in [5.74, 6) is 2.03. The number of nitrogens with two attached hydrogens (primary N) is 1. The van der Waals surface area contributed by atoms with Gasteiger partial charge in [-0.05, 0) is 23.8 Å². The third kappa shape index (κ3) is 3.02. The maximum absolute atomic E-state index is 5.99. The summed E-state index contributed by atoms with van der Waals surface area (Å²) in [6.45, 7) is 0.937. The van der Waals surface area contributed by atoms with E-state index in [9.17, 15) is 0 Å². The van der Waals surface area contributed by atoms with Crippen molar-refractivity contribution in [3.63, 3.8) is 0 Å². The highest BCUT2D eigenvalue weighted by Crippen LogP contribution is 2.38. The van der Waals surface area contributed by atoms with Crippen molar-refractivity contribution in [2.75, 3.05) is 6.79 Å². The van der Waals surface area contributed by atoms with E-state index in [1.807, 2.05) is 12.1 Å². The predicted molar refractivity (Wildman–Crippen MR) is 81.3 cm³/mol. The number of rotatable bonds is 4. The summed E-state index contributed by atoms with van der Waals surface area (Å²) < 4.78 is 16.5. The van der Waals surface area contributed by atoms with Crippen molar-refractivity contribution in [2.45, 2.75) is 13.2 Å².